The fourth-order valence-electron chi connectivity index (χ4n) is 2.62. The Kier molecular flexibility index (Phi) is 4.86. The molecule has 0 radical (unpaired) electrons. The molecule has 0 bridgehead atoms. The number of hydrogen-bond acceptors (Lipinski definition) is 3. The predicted octanol–water partition coefficient (Wildman–Crippen LogP) is 3.75. The molecule has 4 heteroatoms. The number of hydrogen-bond donors (Lipinski definition) is 1. The number of allylic oxidation sites excluding steroid dienone is 3. The first-order valence-electron chi connectivity index (χ1n) is 7.19. The first kappa shape index (κ1) is 15.1. The van der Waals surface area contributed by atoms with E-state index < -0.39 is 0 Å². The lowest BCUT2D eigenvalue weighted by Gasteiger charge is -2.26. The summed E-state index contributed by atoms with van der Waals surface area (Å²) in [6, 6.07) is 0. The van der Waals surface area contributed by atoms with E-state index in [1.54, 1.807) is 6.08 Å². The zero-order chi connectivity index (χ0) is 14.7. The zero-order valence-electron chi connectivity index (χ0n) is 12.2. The van der Waals surface area contributed by atoms with Crippen LogP contribution in [0.4, 0.5) is 0 Å². The van der Waals surface area contributed by atoms with Crippen LogP contribution in [0.15, 0.2) is 34.8 Å². The summed E-state index contributed by atoms with van der Waals surface area (Å²) in [5.41, 5.74) is 1.91. The van der Waals surface area contributed by atoms with E-state index in [0.717, 1.165) is 37.1 Å². The molecule has 3 nitrogen and oxygen atoms in total. The number of thioether (sulfide) groups is 1. The van der Waals surface area contributed by atoms with Crippen molar-refractivity contribution in [2.45, 2.75) is 33.1 Å². The Morgan fingerprint density at radius 1 is 1.40 bits per heavy atom. The van der Waals surface area contributed by atoms with Crippen molar-refractivity contribution in [1.82, 2.24) is 4.90 Å². The van der Waals surface area contributed by atoms with Gasteiger partial charge in [-0.15, -0.1) is 0 Å². The fraction of sp³-hybridized carbons (Fsp3) is 0.500. The van der Waals surface area contributed by atoms with E-state index in [9.17, 15) is 4.79 Å². The third-order valence-electron chi connectivity index (χ3n) is 3.74. The highest BCUT2D eigenvalue weighted by molar-refractivity contribution is 8.18. The highest BCUT2D eigenvalue weighted by Crippen LogP contribution is 2.36. The quantitative estimate of drug-likeness (QED) is 0.860. The lowest BCUT2D eigenvalue weighted by Crippen LogP contribution is -2.35. The topological polar surface area (TPSA) is 44.2 Å². The minimum Gasteiger partial charge on any atom is -0.338 e. The van der Waals surface area contributed by atoms with Crippen LogP contribution in [0.25, 0.3) is 0 Å². The second-order valence-corrected chi connectivity index (χ2v) is 6.57. The summed E-state index contributed by atoms with van der Waals surface area (Å²) < 4.78 is 0. The molecule has 0 spiro atoms. The van der Waals surface area contributed by atoms with Crippen molar-refractivity contribution in [2.75, 3.05) is 13.1 Å². The number of likely N-dealkylation sites (tertiary alicyclic amines) is 1. The number of carbonyl (C=O) groups is 1. The van der Waals surface area contributed by atoms with Gasteiger partial charge in [-0.1, -0.05) is 38.3 Å². The van der Waals surface area contributed by atoms with E-state index in [-0.39, 0.29) is 5.91 Å². The van der Waals surface area contributed by atoms with Crippen molar-refractivity contribution in [3.8, 4) is 0 Å². The van der Waals surface area contributed by atoms with Crippen LogP contribution in [0.5, 0.6) is 0 Å². The Hall–Kier alpha value is -1.29. The third-order valence-corrected chi connectivity index (χ3v) is 4.68. The van der Waals surface area contributed by atoms with Gasteiger partial charge in [-0.3, -0.25) is 10.2 Å². The van der Waals surface area contributed by atoms with Gasteiger partial charge in [0, 0.05) is 18.7 Å². The van der Waals surface area contributed by atoms with Crippen LogP contribution < -0.4 is 0 Å². The third kappa shape index (κ3) is 3.06. The zero-order valence-corrected chi connectivity index (χ0v) is 13.1. The summed E-state index contributed by atoms with van der Waals surface area (Å²) in [6.07, 6.45) is 7.08. The van der Waals surface area contributed by atoms with Crippen molar-refractivity contribution < 1.29 is 4.79 Å². The van der Waals surface area contributed by atoms with Crippen molar-refractivity contribution in [2.24, 2.45) is 5.92 Å². The van der Waals surface area contributed by atoms with E-state index in [1.807, 2.05) is 11.0 Å². The van der Waals surface area contributed by atoms with Gasteiger partial charge >= 0.3 is 0 Å². The first-order valence-corrected chi connectivity index (χ1v) is 8.00. The predicted molar refractivity (Wildman–Crippen MR) is 85.9 cm³/mol. The summed E-state index contributed by atoms with van der Waals surface area (Å²) in [5, 5.41) is 8.57. The maximum absolute atomic E-state index is 12.5. The lowest BCUT2D eigenvalue weighted by molar-refractivity contribution is -0.127. The molecule has 2 rings (SSSR count). The van der Waals surface area contributed by atoms with Crippen molar-refractivity contribution >= 4 is 22.7 Å². The SMILES string of the molecule is C=C/C(=C1/C=C(C(=O)N2CCCCC2)SC1=N)C(C)C. The number of rotatable bonds is 3. The molecule has 0 aliphatic carbocycles. The van der Waals surface area contributed by atoms with Gasteiger partial charge in [-0.2, -0.15) is 0 Å². The molecule has 1 fully saturated rings. The summed E-state index contributed by atoms with van der Waals surface area (Å²) >= 11 is 1.28. The smallest absolute Gasteiger partial charge is 0.260 e. The molecular formula is C16H22N2OS. The standard InChI is InChI=1S/C16H22N2OS/c1-4-12(11(2)3)13-10-14(20-15(13)17)16(19)18-8-6-5-7-9-18/h4,10-11,17H,1,5-9H2,2-3H3/b13-12+,17-15?. The molecule has 1 saturated heterocycles. The minimum atomic E-state index is 0.0848. The van der Waals surface area contributed by atoms with Gasteiger partial charge in [0.1, 0.15) is 0 Å². The van der Waals surface area contributed by atoms with Gasteiger partial charge in [0.05, 0.1) is 9.95 Å². The molecule has 1 amide bonds. The van der Waals surface area contributed by atoms with Crippen LogP contribution in [0.2, 0.25) is 0 Å². The maximum atomic E-state index is 12.5. The monoisotopic (exact) mass is 290 g/mol. The number of nitrogens with one attached hydrogen (secondary N) is 1. The van der Waals surface area contributed by atoms with Gasteiger partial charge in [0.2, 0.25) is 0 Å². The van der Waals surface area contributed by atoms with Crippen molar-refractivity contribution in [1.29, 1.82) is 5.41 Å². The molecule has 0 unspecified atom stereocenters. The molecule has 0 aromatic rings. The molecular weight excluding hydrogens is 268 g/mol. The van der Waals surface area contributed by atoms with Crippen molar-refractivity contribution in [3.05, 3.63) is 34.8 Å². The summed E-state index contributed by atoms with van der Waals surface area (Å²) in [6.45, 7) is 9.70. The average Bonchev–Trinajstić information content (AvgIpc) is 2.81. The number of nitrogens with zero attached hydrogens (tertiary/aromatic N) is 1. The van der Waals surface area contributed by atoms with E-state index in [4.69, 9.17) is 5.41 Å². The van der Waals surface area contributed by atoms with E-state index in [2.05, 4.69) is 20.4 Å². The Morgan fingerprint density at radius 3 is 2.60 bits per heavy atom. The van der Waals surface area contributed by atoms with E-state index >= 15 is 0 Å². The minimum absolute atomic E-state index is 0.0848. The number of amides is 1. The molecule has 2 aliphatic rings. The lowest BCUT2D eigenvalue weighted by atomic mass is 9.97. The largest absolute Gasteiger partial charge is 0.338 e. The summed E-state index contributed by atoms with van der Waals surface area (Å²) in [5.74, 6) is 0.394. The van der Waals surface area contributed by atoms with Crippen LogP contribution in [-0.2, 0) is 4.79 Å². The summed E-state index contributed by atoms with van der Waals surface area (Å²) in [7, 11) is 0. The van der Waals surface area contributed by atoms with Gasteiger partial charge in [-0.05, 0) is 36.8 Å². The fourth-order valence-corrected chi connectivity index (χ4v) is 3.52. The Balaban J connectivity index is 2.24. The molecule has 2 aliphatic heterocycles. The van der Waals surface area contributed by atoms with Gasteiger partial charge in [0.15, 0.2) is 0 Å². The molecule has 108 valence electrons. The van der Waals surface area contributed by atoms with Gasteiger partial charge in [-0.25, -0.2) is 0 Å². The second-order valence-electron chi connectivity index (χ2n) is 5.52. The van der Waals surface area contributed by atoms with Crippen LogP contribution in [0.3, 0.4) is 0 Å². The van der Waals surface area contributed by atoms with Gasteiger partial charge in [0.25, 0.3) is 5.91 Å². The van der Waals surface area contributed by atoms with E-state index in [1.165, 1.54) is 18.2 Å². The van der Waals surface area contributed by atoms with Crippen LogP contribution in [0, 0.1) is 11.3 Å². The first-order chi connectivity index (χ1) is 9.54. The second kappa shape index (κ2) is 6.44. The molecule has 2 heterocycles. The molecule has 0 saturated carbocycles. The summed E-state index contributed by atoms with van der Waals surface area (Å²) in [4.78, 5) is 15.1. The molecule has 0 aromatic carbocycles. The molecule has 20 heavy (non-hydrogen) atoms. The average molecular weight is 290 g/mol. The Morgan fingerprint density at radius 2 is 2.05 bits per heavy atom. The van der Waals surface area contributed by atoms with Crippen LogP contribution >= 0.6 is 11.8 Å². The maximum Gasteiger partial charge on any atom is 0.260 e. The number of piperidine rings is 1. The highest BCUT2D eigenvalue weighted by atomic mass is 32.2. The molecule has 0 atom stereocenters. The van der Waals surface area contributed by atoms with Crippen LogP contribution in [0.1, 0.15) is 33.1 Å². The van der Waals surface area contributed by atoms with Crippen molar-refractivity contribution in [3.63, 3.8) is 0 Å². The normalized spacial score (nSPS) is 22.1. The molecule has 0 aromatic heterocycles. The molecule has 1 N–H and O–H groups in total. The highest BCUT2D eigenvalue weighted by Gasteiger charge is 2.28. The Bertz CT molecular complexity index is 497. The van der Waals surface area contributed by atoms with Gasteiger partial charge < -0.3 is 4.90 Å². The van der Waals surface area contributed by atoms with Crippen LogP contribution in [-0.4, -0.2) is 28.9 Å². The van der Waals surface area contributed by atoms with E-state index in [0.29, 0.717) is 15.9 Å². The Labute approximate surface area is 125 Å². The number of carbonyl (C=O) groups excluding carboxylic acids is 1.